The molecule has 0 fully saturated rings. The molecule has 0 atom stereocenters. The van der Waals surface area contributed by atoms with Crippen LogP contribution in [-0.4, -0.2) is 11.3 Å². The summed E-state index contributed by atoms with van der Waals surface area (Å²) in [7, 11) is 0. The van der Waals surface area contributed by atoms with Gasteiger partial charge in [0.05, 0.1) is 0 Å². The van der Waals surface area contributed by atoms with Crippen LogP contribution in [0.1, 0.15) is 10.4 Å². The SMILES string of the molecule is O=Cc1cc(Br)ccc1Sc1ccncc1. The van der Waals surface area contributed by atoms with Crippen molar-refractivity contribution in [3.05, 3.63) is 52.8 Å². The van der Waals surface area contributed by atoms with Gasteiger partial charge in [-0.1, -0.05) is 27.7 Å². The fourth-order valence-electron chi connectivity index (χ4n) is 1.24. The fourth-order valence-corrected chi connectivity index (χ4v) is 2.49. The first-order valence-electron chi connectivity index (χ1n) is 4.62. The van der Waals surface area contributed by atoms with E-state index in [9.17, 15) is 4.79 Å². The van der Waals surface area contributed by atoms with Gasteiger partial charge in [-0.3, -0.25) is 9.78 Å². The standard InChI is InChI=1S/C12H8BrNOS/c13-10-1-2-12(9(7-10)8-15)16-11-3-5-14-6-4-11/h1-8H. The molecule has 2 nitrogen and oxygen atoms in total. The molecule has 1 aromatic heterocycles. The molecule has 0 aliphatic heterocycles. The zero-order valence-electron chi connectivity index (χ0n) is 8.26. The zero-order chi connectivity index (χ0) is 11.4. The van der Waals surface area contributed by atoms with E-state index >= 15 is 0 Å². The van der Waals surface area contributed by atoms with Crippen LogP contribution in [0, 0.1) is 0 Å². The molecule has 0 spiro atoms. The van der Waals surface area contributed by atoms with E-state index in [0.717, 1.165) is 20.5 Å². The van der Waals surface area contributed by atoms with Crippen LogP contribution < -0.4 is 0 Å². The van der Waals surface area contributed by atoms with Crippen molar-refractivity contribution in [1.29, 1.82) is 0 Å². The number of benzene rings is 1. The summed E-state index contributed by atoms with van der Waals surface area (Å²) < 4.78 is 0.911. The summed E-state index contributed by atoms with van der Waals surface area (Å²) in [6.45, 7) is 0. The Morgan fingerprint density at radius 1 is 1.19 bits per heavy atom. The Bertz CT molecular complexity index is 502. The van der Waals surface area contributed by atoms with Gasteiger partial charge >= 0.3 is 0 Å². The van der Waals surface area contributed by atoms with Crippen LogP contribution in [0.25, 0.3) is 0 Å². The number of nitrogens with zero attached hydrogens (tertiary/aromatic N) is 1. The largest absolute Gasteiger partial charge is 0.298 e. The summed E-state index contributed by atoms with van der Waals surface area (Å²) in [6, 6.07) is 9.51. The lowest BCUT2D eigenvalue weighted by Gasteiger charge is -2.04. The van der Waals surface area contributed by atoms with Crippen LogP contribution in [0.4, 0.5) is 0 Å². The van der Waals surface area contributed by atoms with Crippen molar-refractivity contribution in [2.24, 2.45) is 0 Å². The van der Waals surface area contributed by atoms with Gasteiger partial charge in [0, 0.05) is 32.2 Å². The van der Waals surface area contributed by atoms with Crippen LogP contribution in [0.5, 0.6) is 0 Å². The van der Waals surface area contributed by atoms with Crippen molar-refractivity contribution < 1.29 is 4.79 Å². The lowest BCUT2D eigenvalue weighted by atomic mass is 10.2. The highest BCUT2D eigenvalue weighted by molar-refractivity contribution is 9.10. The van der Waals surface area contributed by atoms with Gasteiger partial charge in [-0.2, -0.15) is 0 Å². The minimum absolute atomic E-state index is 0.691. The summed E-state index contributed by atoms with van der Waals surface area (Å²) in [4.78, 5) is 16.9. The van der Waals surface area contributed by atoms with E-state index in [1.54, 1.807) is 24.2 Å². The minimum Gasteiger partial charge on any atom is -0.298 e. The van der Waals surface area contributed by atoms with Gasteiger partial charge in [0.2, 0.25) is 0 Å². The van der Waals surface area contributed by atoms with Gasteiger partial charge in [0.25, 0.3) is 0 Å². The number of aromatic nitrogens is 1. The average molecular weight is 294 g/mol. The van der Waals surface area contributed by atoms with Gasteiger partial charge in [0.1, 0.15) is 0 Å². The molecule has 16 heavy (non-hydrogen) atoms. The topological polar surface area (TPSA) is 30.0 Å². The number of aldehydes is 1. The second-order valence-corrected chi connectivity index (χ2v) is 5.12. The molecular formula is C12H8BrNOS. The maximum Gasteiger partial charge on any atom is 0.151 e. The summed E-state index contributed by atoms with van der Waals surface area (Å²) in [5, 5.41) is 0. The molecular weight excluding hydrogens is 286 g/mol. The second-order valence-electron chi connectivity index (χ2n) is 3.08. The molecule has 2 aromatic rings. The van der Waals surface area contributed by atoms with Crippen molar-refractivity contribution >= 4 is 34.0 Å². The minimum atomic E-state index is 0.691. The number of carbonyl (C=O) groups is 1. The quantitative estimate of drug-likeness (QED) is 0.806. The average Bonchev–Trinajstić information content (AvgIpc) is 2.33. The Morgan fingerprint density at radius 2 is 1.94 bits per heavy atom. The zero-order valence-corrected chi connectivity index (χ0v) is 10.7. The van der Waals surface area contributed by atoms with Crippen LogP contribution in [0.15, 0.2) is 57.0 Å². The van der Waals surface area contributed by atoms with E-state index in [1.165, 1.54) is 0 Å². The molecule has 1 heterocycles. The van der Waals surface area contributed by atoms with Crippen molar-refractivity contribution in [2.75, 3.05) is 0 Å². The number of hydrogen-bond acceptors (Lipinski definition) is 3. The number of rotatable bonds is 3. The summed E-state index contributed by atoms with van der Waals surface area (Å²) >= 11 is 4.90. The molecule has 1 aromatic carbocycles. The molecule has 0 saturated carbocycles. The lowest BCUT2D eigenvalue weighted by molar-refractivity contribution is 0.112. The van der Waals surface area contributed by atoms with Crippen LogP contribution in [-0.2, 0) is 0 Å². The first kappa shape index (κ1) is 11.4. The van der Waals surface area contributed by atoms with Crippen LogP contribution in [0.2, 0.25) is 0 Å². The highest BCUT2D eigenvalue weighted by atomic mass is 79.9. The molecule has 0 unspecified atom stereocenters. The van der Waals surface area contributed by atoms with E-state index in [0.29, 0.717) is 5.56 Å². The summed E-state index contributed by atoms with van der Waals surface area (Å²) in [5.41, 5.74) is 0.691. The summed E-state index contributed by atoms with van der Waals surface area (Å²) in [5.74, 6) is 0. The molecule has 0 bridgehead atoms. The molecule has 0 radical (unpaired) electrons. The third-order valence-electron chi connectivity index (χ3n) is 1.98. The Morgan fingerprint density at radius 3 is 2.62 bits per heavy atom. The highest BCUT2D eigenvalue weighted by Crippen LogP contribution is 2.30. The fraction of sp³-hybridized carbons (Fsp3) is 0. The lowest BCUT2D eigenvalue weighted by Crippen LogP contribution is -1.85. The summed E-state index contributed by atoms with van der Waals surface area (Å²) in [6.07, 6.45) is 4.35. The predicted molar refractivity (Wildman–Crippen MR) is 67.9 cm³/mol. The molecule has 0 amide bonds. The number of pyridine rings is 1. The molecule has 0 aliphatic carbocycles. The second kappa shape index (κ2) is 5.27. The maximum atomic E-state index is 10.9. The first-order chi connectivity index (χ1) is 7.79. The molecule has 4 heteroatoms. The Hall–Kier alpha value is -1.13. The molecule has 2 rings (SSSR count). The van der Waals surface area contributed by atoms with Crippen molar-refractivity contribution in [3.63, 3.8) is 0 Å². The van der Waals surface area contributed by atoms with E-state index < -0.39 is 0 Å². The third kappa shape index (κ3) is 2.71. The third-order valence-corrected chi connectivity index (χ3v) is 3.57. The number of halogens is 1. The Labute approximate surface area is 106 Å². The number of carbonyl (C=O) groups excluding carboxylic acids is 1. The van der Waals surface area contributed by atoms with Gasteiger partial charge in [-0.05, 0) is 30.3 Å². The highest BCUT2D eigenvalue weighted by Gasteiger charge is 2.04. The molecule has 80 valence electrons. The van der Waals surface area contributed by atoms with Crippen LogP contribution in [0.3, 0.4) is 0 Å². The Balaban J connectivity index is 2.31. The van der Waals surface area contributed by atoms with Gasteiger partial charge < -0.3 is 0 Å². The maximum absolute atomic E-state index is 10.9. The van der Waals surface area contributed by atoms with Crippen molar-refractivity contribution in [3.8, 4) is 0 Å². The number of hydrogen-bond donors (Lipinski definition) is 0. The van der Waals surface area contributed by atoms with Crippen molar-refractivity contribution in [2.45, 2.75) is 9.79 Å². The van der Waals surface area contributed by atoms with E-state index in [4.69, 9.17) is 0 Å². The van der Waals surface area contributed by atoms with Gasteiger partial charge in [-0.15, -0.1) is 0 Å². The molecule has 0 aliphatic rings. The van der Waals surface area contributed by atoms with Crippen LogP contribution >= 0.6 is 27.7 Å². The van der Waals surface area contributed by atoms with Gasteiger partial charge in [-0.25, -0.2) is 0 Å². The first-order valence-corrected chi connectivity index (χ1v) is 6.23. The smallest absolute Gasteiger partial charge is 0.151 e. The Kier molecular flexibility index (Phi) is 3.74. The van der Waals surface area contributed by atoms with E-state index in [1.807, 2.05) is 30.3 Å². The normalized spacial score (nSPS) is 10.1. The monoisotopic (exact) mass is 293 g/mol. The van der Waals surface area contributed by atoms with E-state index in [-0.39, 0.29) is 0 Å². The van der Waals surface area contributed by atoms with E-state index in [2.05, 4.69) is 20.9 Å². The molecule has 0 saturated heterocycles. The van der Waals surface area contributed by atoms with Gasteiger partial charge in [0.15, 0.2) is 6.29 Å². The molecule has 0 N–H and O–H groups in total. The van der Waals surface area contributed by atoms with Crippen molar-refractivity contribution in [1.82, 2.24) is 4.98 Å². The predicted octanol–water partition coefficient (Wildman–Crippen LogP) is 3.81.